The van der Waals surface area contributed by atoms with E-state index < -0.39 is 48.3 Å². The first-order valence-corrected chi connectivity index (χ1v) is 11.9. The molecule has 34 heavy (non-hydrogen) atoms. The number of aliphatic hydroxyl groups excluding tert-OH is 1. The van der Waals surface area contributed by atoms with Crippen molar-refractivity contribution in [1.82, 2.24) is 16.0 Å². The third kappa shape index (κ3) is 13.1. The SMILES string of the molecule is CC(C)[C@H](NC(=O)[C@H](C)NC(=O)OC(C)(C)C)C(=O)N[C@@H](CCCC[NH3+])[B-](O)(O)OCCCO. The number of alkyl carbamates (subject to hydrolysis) is 1. The van der Waals surface area contributed by atoms with Gasteiger partial charge in [-0.15, -0.1) is 0 Å². The molecule has 0 aliphatic carbocycles. The van der Waals surface area contributed by atoms with Crippen LogP contribution in [0, 0.1) is 5.92 Å². The molecular weight excluding hydrogens is 447 g/mol. The molecule has 0 aliphatic heterocycles. The van der Waals surface area contributed by atoms with E-state index in [-0.39, 0.29) is 32.0 Å². The largest absolute Gasteiger partial charge is 0.558 e. The molecule has 0 bridgehead atoms. The van der Waals surface area contributed by atoms with E-state index in [0.717, 1.165) is 0 Å². The summed E-state index contributed by atoms with van der Waals surface area (Å²) in [5.74, 6) is -2.68. The molecule has 0 saturated carbocycles. The van der Waals surface area contributed by atoms with Gasteiger partial charge in [0, 0.05) is 13.2 Å². The zero-order valence-electron chi connectivity index (χ0n) is 21.4. The van der Waals surface area contributed by atoms with Gasteiger partial charge >= 0.3 is 12.8 Å². The number of ether oxygens (including phenoxy) is 1. The first-order chi connectivity index (χ1) is 15.6. The number of amides is 3. The highest BCUT2D eigenvalue weighted by Crippen LogP contribution is 2.13. The topological polar surface area (TPSA) is 194 Å². The van der Waals surface area contributed by atoms with Gasteiger partial charge in [-0.05, 0) is 58.8 Å². The van der Waals surface area contributed by atoms with Crippen LogP contribution in [-0.4, -0.2) is 83.2 Å². The van der Waals surface area contributed by atoms with E-state index in [4.69, 9.17) is 14.5 Å². The molecule has 200 valence electrons. The van der Waals surface area contributed by atoms with Crippen LogP contribution in [0.15, 0.2) is 0 Å². The highest BCUT2D eigenvalue weighted by Gasteiger charge is 2.36. The van der Waals surface area contributed by atoms with Gasteiger partial charge < -0.3 is 46.2 Å². The van der Waals surface area contributed by atoms with Crippen molar-refractivity contribution in [2.75, 3.05) is 19.8 Å². The fourth-order valence-electron chi connectivity index (χ4n) is 3.01. The van der Waals surface area contributed by atoms with E-state index in [1.807, 2.05) is 0 Å². The first kappa shape index (κ1) is 32.1. The van der Waals surface area contributed by atoms with Crippen LogP contribution in [0.3, 0.4) is 0 Å². The van der Waals surface area contributed by atoms with Crippen LogP contribution >= 0.6 is 0 Å². The normalized spacial score (nSPS) is 14.8. The Morgan fingerprint density at radius 3 is 2.09 bits per heavy atom. The van der Waals surface area contributed by atoms with Crippen molar-refractivity contribution in [1.29, 1.82) is 0 Å². The molecule has 0 aromatic carbocycles. The second kappa shape index (κ2) is 15.1. The lowest BCUT2D eigenvalue weighted by atomic mass is 9.67. The van der Waals surface area contributed by atoms with E-state index in [1.165, 1.54) is 6.92 Å². The van der Waals surface area contributed by atoms with Gasteiger partial charge in [-0.2, -0.15) is 0 Å². The lowest BCUT2D eigenvalue weighted by molar-refractivity contribution is -0.368. The molecule has 9 N–H and O–H groups in total. The molecule has 0 unspecified atom stereocenters. The summed E-state index contributed by atoms with van der Waals surface area (Å²) in [6.07, 6.45) is 0.949. The molecule has 0 aromatic heterocycles. The number of unbranched alkanes of at least 4 members (excludes halogenated alkanes) is 1. The minimum absolute atomic E-state index is 0.0939. The van der Waals surface area contributed by atoms with Gasteiger partial charge in [0.25, 0.3) is 0 Å². The predicted molar refractivity (Wildman–Crippen MR) is 127 cm³/mol. The van der Waals surface area contributed by atoms with Gasteiger partial charge in [0.2, 0.25) is 11.8 Å². The van der Waals surface area contributed by atoms with Crippen LogP contribution in [0.4, 0.5) is 4.79 Å². The van der Waals surface area contributed by atoms with E-state index in [0.29, 0.717) is 19.4 Å². The molecule has 0 heterocycles. The number of aliphatic hydroxyl groups is 1. The second-order valence-electron chi connectivity index (χ2n) is 9.77. The summed E-state index contributed by atoms with van der Waals surface area (Å²) in [5, 5.41) is 37.5. The lowest BCUT2D eigenvalue weighted by Crippen LogP contribution is -2.63. The van der Waals surface area contributed by atoms with Crippen molar-refractivity contribution < 1.29 is 44.7 Å². The highest BCUT2D eigenvalue weighted by atomic mass is 16.6. The summed E-state index contributed by atoms with van der Waals surface area (Å²) in [7, 11) is 0. The minimum Gasteiger partial charge on any atom is -0.558 e. The number of hydrogen-bond donors (Lipinski definition) is 7. The van der Waals surface area contributed by atoms with E-state index in [1.54, 1.807) is 34.6 Å². The van der Waals surface area contributed by atoms with E-state index in [2.05, 4.69) is 21.7 Å². The Kier molecular flexibility index (Phi) is 14.3. The van der Waals surface area contributed by atoms with Crippen LogP contribution in [0.5, 0.6) is 0 Å². The number of quaternary nitrogens is 1. The quantitative estimate of drug-likeness (QED) is 0.109. The number of nitrogens with one attached hydrogen (secondary N) is 3. The average molecular weight is 492 g/mol. The van der Waals surface area contributed by atoms with Crippen molar-refractivity contribution in [2.45, 2.75) is 90.9 Å². The molecule has 0 spiro atoms. The molecule has 0 saturated heterocycles. The highest BCUT2D eigenvalue weighted by molar-refractivity contribution is 6.59. The van der Waals surface area contributed by atoms with Gasteiger partial charge in [-0.3, -0.25) is 9.59 Å². The van der Waals surface area contributed by atoms with Gasteiger partial charge in [0.05, 0.1) is 6.54 Å². The Bertz CT molecular complexity index is 643. The standard InChI is InChI=1S/C21H44BN4O8/c1-14(2)17(26-18(28)15(3)24-20(30)34-21(4,5)6)19(29)25-16(10-7-8-11-23)22(31,32)33-13-9-12-27/h14-17,27,31-32H,7-13,23H2,1-6H3,(H,24,30)(H,25,29)(H,26,28)/q-1/p+1/t15-,16-,17-/m0/s1. The molecular formula is C21H45BN4O8. The van der Waals surface area contributed by atoms with Gasteiger partial charge in [-0.25, -0.2) is 4.79 Å². The fraction of sp³-hybridized carbons (Fsp3) is 0.857. The second-order valence-corrected chi connectivity index (χ2v) is 9.77. The maximum absolute atomic E-state index is 13.0. The summed E-state index contributed by atoms with van der Waals surface area (Å²) >= 11 is 0. The van der Waals surface area contributed by atoms with Crippen LogP contribution in [0.2, 0.25) is 0 Å². The Morgan fingerprint density at radius 1 is 0.971 bits per heavy atom. The average Bonchev–Trinajstić information content (AvgIpc) is 2.69. The van der Waals surface area contributed by atoms with Gasteiger partial charge in [-0.1, -0.05) is 20.3 Å². The number of hydrogen-bond acceptors (Lipinski definition) is 8. The van der Waals surface area contributed by atoms with Gasteiger partial charge in [0.15, 0.2) is 0 Å². The van der Waals surface area contributed by atoms with Crippen LogP contribution in [-0.2, 0) is 19.0 Å². The Morgan fingerprint density at radius 2 is 1.59 bits per heavy atom. The summed E-state index contributed by atoms with van der Waals surface area (Å²) in [4.78, 5) is 37.6. The van der Waals surface area contributed by atoms with Crippen LogP contribution < -0.4 is 21.7 Å². The third-order valence-corrected chi connectivity index (χ3v) is 4.91. The Labute approximate surface area is 202 Å². The number of rotatable bonds is 15. The molecule has 0 fully saturated rings. The molecule has 3 amide bonds. The Balaban J connectivity index is 5.29. The molecule has 3 atom stereocenters. The molecule has 0 aliphatic rings. The zero-order valence-corrected chi connectivity index (χ0v) is 21.4. The lowest BCUT2D eigenvalue weighted by Gasteiger charge is -2.39. The first-order valence-electron chi connectivity index (χ1n) is 11.9. The fourth-order valence-corrected chi connectivity index (χ4v) is 3.01. The summed E-state index contributed by atoms with van der Waals surface area (Å²) in [6.45, 7) is 6.96. The summed E-state index contributed by atoms with van der Waals surface area (Å²) in [6, 6.07) is -1.98. The predicted octanol–water partition coefficient (Wildman–Crippen LogP) is -1.20. The van der Waals surface area contributed by atoms with Crippen molar-refractivity contribution in [3.8, 4) is 0 Å². The number of carbonyl (C=O) groups is 3. The zero-order chi connectivity index (χ0) is 26.5. The van der Waals surface area contributed by atoms with Crippen molar-refractivity contribution in [3.05, 3.63) is 0 Å². The summed E-state index contributed by atoms with van der Waals surface area (Å²) in [5.41, 5.74) is 3.02. The van der Waals surface area contributed by atoms with Crippen molar-refractivity contribution in [3.63, 3.8) is 0 Å². The van der Waals surface area contributed by atoms with E-state index >= 15 is 0 Å². The van der Waals surface area contributed by atoms with Crippen LogP contribution in [0.25, 0.3) is 0 Å². The maximum atomic E-state index is 13.0. The van der Waals surface area contributed by atoms with Gasteiger partial charge in [0.1, 0.15) is 17.7 Å². The third-order valence-electron chi connectivity index (χ3n) is 4.91. The molecule has 0 aromatic rings. The molecule has 12 nitrogen and oxygen atoms in total. The summed E-state index contributed by atoms with van der Waals surface area (Å²) < 4.78 is 10.3. The molecule has 0 rings (SSSR count). The molecule has 13 heteroatoms. The minimum atomic E-state index is -3.41. The monoisotopic (exact) mass is 492 g/mol. The smallest absolute Gasteiger partial charge is 0.408 e. The number of carbonyl (C=O) groups excluding carboxylic acids is 3. The maximum Gasteiger partial charge on any atom is 0.408 e. The van der Waals surface area contributed by atoms with Crippen LogP contribution in [0.1, 0.15) is 67.2 Å². The van der Waals surface area contributed by atoms with E-state index in [9.17, 15) is 24.4 Å². The van der Waals surface area contributed by atoms with Crippen molar-refractivity contribution in [2.24, 2.45) is 5.92 Å². The Hall–Kier alpha value is -1.93. The van der Waals surface area contributed by atoms with Crippen molar-refractivity contribution >= 4 is 24.7 Å². The molecule has 0 radical (unpaired) electrons.